The van der Waals surface area contributed by atoms with Gasteiger partial charge in [0.15, 0.2) is 0 Å². The van der Waals surface area contributed by atoms with Crippen LogP contribution >= 0.6 is 0 Å². The molecule has 138 valence electrons. The van der Waals surface area contributed by atoms with Crippen molar-refractivity contribution in [1.82, 2.24) is 5.32 Å². The minimum Gasteiger partial charge on any atom is -0.356 e. The average molecular weight is 365 g/mol. The molecule has 1 fully saturated rings. The first kappa shape index (κ1) is 17.2. The SMILES string of the molecule is O=C(c1ccc([N+](=O)[O-])cc1)N1CCC2(CCNC2=O)Cc2ccccc21. The highest BCUT2D eigenvalue weighted by atomic mass is 16.6. The zero-order chi connectivity index (χ0) is 19.0. The highest BCUT2D eigenvalue weighted by Crippen LogP contribution is 2.41. The number of carbonyl (C=O) groups excluding carboxylic acids is 2. The number of nitro benzene ring substituents is 1. The van der Waals surface area contributed by atoms with Crippen LogP contribution in [0.1, 0.15) is 28.8 Å². The molecule has 1 N–H and O–H groups in total. The van der Waals surface area contributed by atoms with Crippen LogP contribution in [0.4, 0.5) is 11.4 Å². The van der Waals surface area contributed by atoms with Crippen LogP contribution in [0.2, 0.25) is 0 Å². The first-order valence-electron chi connectivity index (χ1n) is 8.93. The Hall–Kier alpha value is -3.22. The maximum Gasteiger partial charge on any atom is 0.269 e. The quantitative estimate of drug-likeness (QED) is 0.654. The number of benzene rings is 2. The molecular weight excluding hydrogens is 346 g/mol. The van der Waals surface area contributed by atoms with Gasteiger partial charge in [-0.05, 0) is 43.0 Å². The summed E-state index contributed by atoms with van der Waals surface area (Å²) in [4.78, 5) is 37.7. The van der Waals surface area contributed by atoms with Gasteiger partial charge in [-0.2, -0.15) is 0 Å². The summed E-state index contributed by atoms with van der Waals surface area (Å²) in [5, 5.41) is 13.8. The third kappa shape index (κ3) is 2.95. The molecule has 2 heterocycles. The second-order valence-electron chi connectivity index (χ2n) is 7.10. The molecule has 1 spiro atoms. The molecule has 7 nitrogen and oxygen atoms in total. The molecule has 0 aromatic heterocycles. The zero-order valence-electron chi connectivity index (χ0n) is 14.7. The van der Waals surface area contributed by atoms with Crippen LogP contribution in [0.5, 0.6) is 0 Å². The fourth-order valence-corrected chi connectivity index (χ4v) is 4.04. The lowest BCUT2D eigenvalue weighted by Gasteiger charge is -2.25. The Morgan fingerprint density at radius 2 is 1.85 bits per heavy atom. The van der Waals surface area contributed by atoms with Crippen molar-refractivity contribution in [2.75, 3.05) is 18.0 Å². The lowest BCUT2D eigenvalue weighted by molar-refractivity contribution is -0.384. The third-order valence-corrected chi connectivity index (χ3v) is 5.57. The van der Waals surface area contributed by atoms with Gasteiger partial charge in [-0.25, -0.2) is 0 Å². The van der Waals surface area contributed by atoms with Crippen molar-refractivity contribution in [3.8, 4) is 0 Å². The molecule has 4 rings (SSSR count). The van der Waals surface area contributed by atoms with Crippen molar-refractivity contribution in [2.45, 2.75) is 19.3 Å². The van der Waals surface area contributed by atoms with Crippen molar-refractivity contribution >= 4 is 23.2 Å². The molecule has 2 aliphatic heterocycles. The Morgan fingerprint density at radius 3 is 2.52 bits per heavy atom. The van der Waals surface area contributed by atoms with Gasteiger partial charge in [0.05, 0.1) is 10.3 Å². The number of carbonyl (C=O) groups is 2. The lowest BCUT2D eigenvalue weighted by Crippen LogP contribution is -2.36. The molecule has 27 heavy (non-hydrogen) atoms. The summed E-state index contributed by atoms with van der Waals surface area (Å²) in [7, 11) is 0. The van der Waals surface area contributed by atoms with E-state index in [0.29, 0.717) is 31.5 Å². The van der Waals surface area contributed by atoms with Gasteiger partial charge in [-0.1, -0.05) is 18.2 Å². The molecule has 0 saturated carbocycles. The molecule has 1 saturated heterocycles. The van der Waals surface area contributed by atoms with Crippen LogP contribution in [-0.2, 0) is 11.2 Å². The molecule has 0 bridgehead atoms. The predicted molar refractivity (Wildman–Crippen MR) is 99.6 cm³/mol. The predicted octanol–water partition coefficient (Wildman–Crippen LogP) is 2.69. The molecule has 1 atom stereocenters. The minimum atomic E-state index is -0.488. The van der Waals surface area contributed by atoms with E-state index in [1.807, 2.05) is 24.3 Å². The maximum atomic E-state index is 13.1. The second-order valence-corrected chi connectivity index (χ2v) is 7.10. The molecule has 1 unspecified atom stereocenters. The Bertz CT molecular complexity index is 925. The van der Waals surface area contributed by atoms with E-state index < -0.39 is 10.3 Å². The molecule has 0 radical (unpaired) electrons. The summed E-state index contributed by atoms with van der Waals surface area (Å²) in [5.74, 6) is -0.158. The van der Waals surface area contributed by atoms with E-state index in [1.54, 1.807) is 4.90 Å². The highest BCUT2D eigenvalue weighted by molar-refractivity contribution is 6.07. The average Bonchev–Trinajstić information content (AvgIpc) is 2.93. The maximum absolute atomic E-state index is 13.1. The lowest BCUT2D eigenvalue weighted by atomic mass is 9.78. The number of hydrogen-bond donors (Lipinski definition) is 1. The fraction of sp³-hybridized carbons (Fsp3) is 0.300. The number of para-hydroxylation sites is 1. The normalized spacial score (nSPS) is 21.5. The number of anilines is 1. The van der Waals surface area contributed by atoms with Crippen molar-refractivity contribution in [2.24, 2.45) is 5.41 Å². The summed E-state index contributed by atoms with van der Waals surface area (Å²) in [6.45, 7) is 1.09. The van der Waals surface area contributed by atoms with E-state index in [-0.39, 0.29) is 17.5 Å². The summed E-state index contributed by atoms with van der Waals surface area (Å²) in [6, 6.07) is 13.3. The van der Waals surface area contributed by atoms with Crippen molar-refractivity contribution in [3.63, 3.8) is 0 Å². The van der Waals surface area contributed by atoms with Crippen LogP contribution < -0.4 is 10.2 Å². The van der Waals surface area contributed by atoms with E-state index in [4.69, 9.17) is 0 Å². The van der Waals surface area contributed by atoms with Gasteiger partial charge in [0.1, 0.15) is 0 Å². The third-order valence-electron chi connectivity index (χ3n) is 5.57. The monoisotopic (exact) mass is 365 g/mol. The first-order chi connectivity index (χ1) is 13.0. The molecule has 7 heteroatoms. The van der Waals surface area contributed by atoms with Gasteiger partial charge in [0.25, 0.3) is 11.6 Å². The number of nitro groups is 1. The summed E-state index contributed by atoms with van der Waals surface area (Å²) < 4.78 is 0. The van der Waals surface area contributed by atoms with Gasteiger partial charge in [-0.15, -0.1) is 0 Å². The number of amides is 2. The smallest absolute Gasteiger partial charge is 0.269 e. The van der Waals surface area contributed by atoms with E-state index >= 15 is 0 Å². The molecule has 2 aliphatic rings. The zero-order valence-corrected chi connectivity index (χ0v) is 14.7. The molecule has 0 aliphatic carbocycles. The van der Waals surface area contributed by atoms with Gasteiger partial charge >= 0.3 is 0 Å². The second kappa shape index (κ2) is 6.50. The summed E-state index contributed by atoms with van der Waals surface area (Å²) >= 11 is 0. The Labute approximate surface area is 156 Å². The van der Waals surface area contributed by atoms with E-state index in [2.05, 4.69) is 5.32 Å². The Balaban J connectivity index is 1.69. The molecular formula is C20H19N3O4. The summed E-state index contributed by atoms with van der Waals surface area (Å²) in [6.07, 6.45) is 1.96. The van der Waals surface area contributed by atoms with Crippen LogP contribution in [0, 0.1) is 15.5 Å². The molecule has 2 amide bonds. The van der Waals surface area contributed by atoms with Crippen molar-refractivity contribution in [1.29, 1.82) is 0 Å². The Morgan fingerprint density at radius 1 is 1.11 bits per heavy atom. The number of fused-ring (bicyclic) bond motifs is 1. The Kier molecular flexibility index (Phi) is 4.14. The van der Waals surface area contributed by atoms with Crippen molar-refractivity contribution < 1.29 is 14.5 Å². The van der Waals surface area contributed by atoms with Crippen LogP contribution in [-0.4, -0.2) is 29.8 Å². The van der Waals surface area contributed by atoms with Gasteiger partial charge in [0, 0.05) is 36.5 Å². The molecule has 2 aromatic carbocycles. The van der Waals surface area contributed by atoms with E-state index in [1.165, 1.54) is 24.3 Å². The van der Waals surface area contributed by atoms with Crippen molar-refractivity contribution in [3.05, 3.63) is 69.8 Å². The minimum absolute atomic E-state index is 0.0515. The van der Waals surface area contributed by atoms with Crippen LogP contribution in [0.3, 0.4) is 0 Å². The largest absolute Gasteiger partial charge is 0.356 e. The van der Waals surface area contributed by atoms with Crippen LogP contribution in [0.25, 0.3) is 0 Å². The van der Waals surface area contributed by atoms with E-state index in [9.17, 15) is 19.7 Å². The van der Waals surface area contributed by atoms with Gasteiger partial charge in [-0.3, -0.25) is 19.7 Å². The standard InChI is InChI=1S/C20H19N3O4/c24-18(14-5-7-16(8-6-14)23(26)27)22-12-10-20(9-11-21-19(20)25)13-15-3-1-2-4-17(15)22/h1-8H,9-13H2,(H,21,25). The summed E-state index contributed by atoms with van der Waals surface area (Å²) in [5.41, 5.74) is 1.65. The number of hydrogen-bond acceptors (Lipinski definition) is 4. The van der Waals surface area contributed by atoms with E-state index in [0.717, 1.165) is 17.7 Å². The number of nitrogens with zero attached hydrogens (tertiary/aromatic N) is 2. The first-order valence-corrected chi connectivity index (χ1v) is 8.93. The van der Waals surface area contributed by atoms with Gasteiger partial charge < -0.3 is 10.2 Å². The topological polar surface area (TPSA) is 92.5 Å². The fourth-order valence-electron chi connectivity index (χ4n) is 4.04. The van der Waals surface area contributed by atoms with Crippen LogP contribution in [0.15, 0.2) is 48.5 Å². The number of rotatable bonds is 2. The highest BCUT2D eigenvalue weighted by Gasteiger charge is 2.45. The molecule has 2 aromatic rings. The number of nitrogens with one attached hydrogen (secondary N) is 1. The van der Waals surface area contributed by atoms with Gasteiger partial charge in [0.2, 0.25) is 5.91 Å². The number of non-ortho nitro benzene ring substituents is 1.